The van der Waals surface area contributed by atoms with Gasteiger partial charge in [0.15, 0.2) is 0 Å². The van der Waals surface area contributed by atoms with Crippen LogP contribution in [-0.2, 0) is 11.8 Å². The fourth-order valence-electron chi connectivity index (χ4n) is 3.73. The smallest absolute Gasteiger partial charge is 0.248 e. The van der Waals surface area contributed by atoms with Gasteiger partial charge >= 0.3 is 0 Å². The number of nitriles is 1. The molecule has 8 heteroatoms. The van der Waals surface area contributed by atoms with E-state index >= 15 is 0 Å². The molecular weight excluding hydrogens is 402 g/mol. The molecule has 154 valence electrons. The highest BCUT2D eigenvalue weighted by Gasteiger charge is 2.16. The second-order valence-corrected chi connectivity index (χ2v) is 7.46. The van der Waals surface area contributed by atoms with E-state index in [0.717, 1.165) is 27.6 Å². The van der Waals surface area contributed by atoms with Crippen LogP contribution in [0.4, 0.5) is 0 Å². The average molecular weight is 419 g/mol. The minimum absolute atomic E-state index is 0.250. The molecule has 5 aromatic rings. The van der Waals surface area contributed by atoms with E-state index in [-0.39, 0.29) is 5.57 Å². The number of benzene rings is 1. The van der Waals surface area contributed by atoms with Crippen LogP contribution in [0.1, 0.15) is 11.1 Å². The van der Waals surface area contributed by atoms with Crippen LogP contribution in [0.25, 0.3) is 44.4 Å². The topological polar surface area (TPSA) is 115 Å². The predicted octanol–water partition coefficient (Wildman–Crippen LogP) is 3.32. The number of hydrogen-bond donors (Lipinski definition) is 1. The molecule has 8 nitrogen and oxygen atoms in total. The van der Waals surface area contributed by atoms with Crippen molar-refractivity contribution in [3.63, 3.8) is 0 Å². The Balaban J connectivity index is 1.71. The Bertz CT molecular complexity index is 1600. The average Bonchev–Trinajstić information content (AvgIpc) is 3.43. The molecule has 0 saturated heterocycles. The third-order valence-corrected chi connectivity index (χ3v) is 5.38. The van der Waals surface area contributed by atoms with Crippen molar-refractivity contribution in [3.8, 4) is 28.5 Å². The maximum Gasteiger partial charge on any atom is 0.248 e. The van der Waals surface area contributed by atoms with Gasteiger partial charge in [0.2, 0.25) is 5.91 Å². The molecule has 2 N–H and O–H groups in total. The van der Waals surface area contributed by atoms with Crippen LogP contribution in [0, 0.1) is 11.3 Å². The number of carbonyl (C=O) groups excluding carboxylic acids is 1. The first-order valence-corrected chi connectivity index (χ1v) is 9.75. The molecule has 1 amide bonds. The molecule has 0 saturated carbocycles. The Kier molecular flexibility index (Phi) is 4.31. The third-order valence-electron chi connectivity index (χ3n) is 5.38. The van der Waals surface area contributed by atoms with Gasteiger partial charge in [-0.15, -0.1) is 0 Å². The van der Waals surface area contributed by atoms with Crippen molar-refractivity contribution < 1.29 is 4.79 Å². The summed E-state index contributed by atoms with van der Waals surface area (Å²) in [5, 5.41) is 19.1. The zero-order chi connectivity index (χ0) is 22.4. The summed E-state index contributed by atoms with van der Waals surface area (Å²) in [7, 11) is 1.86. The molecular formula is C24H17N7O. The van der Waals surface area contributed by atoms with Gasteiger partial charge in [0.1, 0.15) is 6.07 Å². The van der Waals surface area contributed by atoms with Crippen LogP contribution in [0.15, 0.2) is 67.8 Å². The van der Waals surface area contributed by atoms with Crippen LogP contribution >= 0.6 is 0 Å². The maximum absolute atomic E-state index is 11.5. The molecule has 1 aromatic carbocycles. The van der Waals surface area contributed by atoms with E-state index in [0.29, 0.717) is 22.3 Å². The van der Waals surface area contributed by atoms with Crippen LogP contribution in [0.2, 0.25) is 0 Å². The number of rotatable bonds is 4. The van der Waals surface area contributed by atoms with Gasteiger partial charge in [-0.05, 0) is 29.8 Å². The van der Waals surface area contributed by atoms with Gasteiger partial charge in [0.05, 0.1) is 34.7 Å². The van der Waals surface area contributed by atoms with Gasteiger partial charge < -0.3 is 5.73 Å². The molecule has 0 aliphatic rings. The van der Waals surface area contributed by atoms with Gasteiger partial charge in [-0.2, -0.15) is 15.5 Å². The molecule has 0 aliphatic heterocycles. The van der Waals surface area contributed by atoms with E-state index in [4.69, 9.17) is 10.7 Å². The number of aryl methyl sites for hydroxylation is 1. The molecule has 0 unspecified atom stereocenters. The van der Waals surface area contributed by atoms with Crippen molar-refractivity contribution in [1.82, 2.24) is 24.4 Å². The Morgan fingerprint density at radius 1 is 1.09 bits per heavy atom. The summed E-state index contributed by atoms with van der Waals surface area (Å²) in [5.74, 6) is -0.562. The monoisotopic (exact) mass is 419 g/mol. The summed E-state index contributed by atoms with van der Waals surface area (Å²) in [6.45, 7) is 3.74. The number of carbonyl (C=O) groups is 1. The first kappa shape index (κ1) is 19.2. The van der Waals surface area contributed by atoms with E-state index in [2.05, 4.69) is 22.8 Å². The van der Waals surface area contributed by atoms with E-state index in [1.54, 1.807) is 27.7 Å². The Hall–Kier alpha value is -4.77. The van der Waals surface area contributed by atoms with E-state index in [1.807, 2.05) is 49.8 Å². The van der Waals surface area contributed by atoms with Gasteiger partial charge in [-0.3, -0.25) is 9.48 Å². The molecule has 0 spiro atoms. The Morgan fingerprint density at radius 3 is 2.66 bits per heavy atom. The van der Waals surface area contributed by atoms with Crippen molar-refractivity contribution >= 4 is 27.9 Å². The Labute approximate surface area is 182 Å². The lowest BCUT2D eigenvalue weighted by Crippen LogP contribution is -2.11. The van der Waals surface area contributed by atoms with Crippen molar-refractivity contribution in [2.24, 2.45) is 12.8 Å². The fraction of sp³-hybridized carbons (Fsp3) is 0.0417. The van der Waals surface area contributed by atoms with E-state index < -0.39 is 5.91 Å². The molecule has 4 aromatic heterocycles. The number of hydrogen-bond acceptors (Lipinski definition) is 5. The summed E-state index contributed by atoms with van der Waals surface area (Å²) in [6, 6.07) is 13.4. The molecule has 0 atom stereocenters. The van der Waals surface area contributed by atoms with Gasteiger partial charge in [-0.1, -0.05) is 18.7 Å². The summed E-state index contributed by atoms with van der Waals surface area (Å²) >= 11 is 0. The number of fused-ring (bicyclic) bond motifs is 2. The van der Waals surface area contributed by atoms with Crippen LogP contribution < -0.4 is 5.73 Å². The van der Waals surface area contributed by atoms with Crippen molar-refractivity contribution in [1.29, 1.82) is 5.26 Å². The molecule has 0 bridgehead atoms. The number of amides is 1. The lowest BCUT2D eigenvalue weighted by atomic mass is 10.0. The lowest BCUT2D eigenvalue weighted by molar-refractivity contribution is -0.112. The van der Waals surface area contributed by atoms with Crippen molar-refractivity contribution in [2.45, 2.75) is 0 Å². The maximum atomic E-state index is 11.5. The largest absolute Gasteiger partial charge is 0.366 e. The summed E-state index contributed by atoms with van der Waals surface area (Å²) in [4.78, 5) is 16.3. The van der Waals surface area contributed by atoms with Crippen LogP contribution in [-0.4, -0.2) is 30.3 Å². The molecule has 0 fully saturated rings. The highest BCUT2D eigenvalue weighted by Crippen LogP contribution is 2.32. The second kappa shape index (κ2) is 7.18. The van der Waals surface area contributed by atoms with Gasteiger partial charge in [0.25, 0.3) is 0 Å². The minimum atomic E-state index is -0.562. The third kappa shape index (κ3) is 3.09. The number of primary amides is 1. The van der Waals surface area contributed by atoms with E-state index in [9.17, 15) is 10.1 Å². The SMILES string of the molecule is C=C(C(N)=O)c1ccc2nc(-c3cc(-c4cnn(C)c4)cn4ncc(C#N)c34)ccc2c1. The minimum Gasteiger partial charge on any atom is -0.366 e. The molecule has 0 aliphatic carbocycles. The highest BCUT2D eigenvalue weighted by molar-refractivity contribution is 6.18. The van der Waals surface area contributed by atoms with Crippen LogP contribution in [0.5, 0.6) is 0 Å². The fourth-order valence-corrected chi connectivity index (χ4v) is 3.73. The van der Waals surface area contributed by atoms with Gasteiger partial charge in [0, 0.05) is 47.1 Å². The number of nitrogens with two attached hydrogens (primary N) is 1. The first-order valence-electron chi connectivity index (χ1n) is 9.75. The molecule has 32 heavy (non-hydrogen) atoms. The summed E-state index contributed by atoms with van der Waals surface area (Å²) < 4.78 is 3.43. The summed E-state index contributed by atoms with van der Waals surface area (Å²) in [5.41, 5.74) is 11.5. The Morgan fingerprint density at radius 2 is 1.94 bits per heavy atom. The standard InChI is InChI=1S/C24H17N7O/c1-14(24(26)32)15-3-5-21-16(7-15)4-6-22(29-21)20-8-17(19-11-27-30(2)12-19)13-31-23(20)18(9-25)10-28-31/h3-8,10-13H,1H2,2H3,(H2,26,32). The predicted molar refractivity (Wildman–Crippen MR) is 121 cm³/mol. The lowest BCUT2D eigenvalue weighted by Gasteiger charge is -2.10. The van der Waals surface area contributed by atoms with Crippen molar-refractivity contribution in [2.75, 3.05) is 0 Å². The highest BCUT2D eigenvalue weighted by atomic mass is 16.1. The quantitative estimate of drug-likeness (QED) is 0.449. The van der Waals surface area contributed by atoms with Crippen molar-refractivity contribution in [3.05, 3.63) is 78.9 Å². The first-order chi connectivity index (χ1) is 15.4. The summed E-state index contributed by atoms with van der Waals surface area (Å²) in [6.07, 6.45) is 7.12. The molecule has 4 heterocycles. The number of aromatic nitrogens is 5. The molecule has 5 rings (SSSR count). The normalized spacial score (nSPS) is 11.0. The van der Waals surface area contributed by atoms with Gasteiger partial charge in [-0.25, -0.2) is 9.50 Å². The second-order valence-electron chi connectivity index (χ2n) is 7.46. The van der Waals surface area contributed by atoms with Crippen LogP contribution in [0.3, 0.4) is 0 Å². The van der Waals surface area contributed by atoms with E-state index in [1.165, 1.54) is 0 Å². The number of pyridine rings is 2. The zero-order valence-corrected chi connectivity index (χ0v) is 17.1. The number of nitrogens with zero attached hydrogens (tertiary/aromatic N) is 6. The molecule has 0 radical (unpaired) electrons. The zero-order valence-electron chi connectivity index (χ0n) is 17.1.